The van der Waals surface area contributed by atoms with Gasteiger partial charge in [0.05, 0.1) is 24.2 Å². The predicted molar refractivity (Wildman–Crippen MR) is 107 cm³/mol. The minimum absolute atomic E-state index is 0.0586. The number of carbonyl (C=O) groups excluding carboxylic acids is 1. The third-order valence-corrected chi connectivity index (χ3v) is 7.63. The maximum absolute atomic E-state index is 12.1. The van der Waals surface area contributed by atoms with E-state index < -0.39 is 9.84 Å². The molecule has 2 saturated heterocycles. The molecule has 2 aliphatic heterocycles. The van der Waals surface area contributed by atoms with Crippen LogP contribution >= 0.6 is 11.8 Å². The largest absolute Gasteiger partial charge is 0.494 e. The first-order valence-electron chi connectivity index (χ1n) is 8.93. The number of hydrogen-bond donors (Lipinski definition) is 0. The number of benzene rings is 1. The average molecular weight is 413 g/mol. The molecule has 1 aromatic carbocycles. The minimum Gasteiger partial charge on any atom is -0.494 e. The number of nitrogens with zero attached hydrogens (tertiary/aromatic N) is 2. The number of anilines is 1. The molecule has 0 radical (unpaired) electrons. The van der Waals surface area contributed by atoms with Crippen LogP contribution in [0.1, 0.15) is 19.8 Å². The maximum Gasteiger partial charge on any atom is 0.274 e. The summed E-state index contributed by atoms with van der Waals surface area (Å²) in [7, 11) is -1.65. The number of methoxy groups -OCH3 is 1. The van der Waals surface area contributed by atoms with Crippen LogP contribution in [0.4, 0.5) is 5.69 Å². The van der Waals surface area contributed by atoms with E-state index in [0.29, 0.717) is 11.8 Å². The number of rotatable bonds is 7. The van der Waals surface area contributed by atoms with E-state index in [1.165, 1.54) is 18.9 Å². The number of aliphatic imine (C=N–C) groups is 1. The van der Waals surface area contributed by atoms with Gasteiger partial charge in [-0.1, -0.05) is 31.2 Å². The molecular formula is C18H24N2O5S2. The Labute approximate surface area is 164 Å². The highest BCUT2D eigenvalue weighted by atomic mass is 32.2. The van der Waals surface area contributed by atoms with Crippen LogP contribution in [-0.4, -0.2) is 62.6 Å². The lowest BCUT2D eigenvalue weighted by Gasteiger charge is -2.25. The SMILES string of the molecule is CCCCOc1cccc(N2C(=NC(=O)COC)S[C@@H]3CS(=O)(=O)C[C@@H]32)c1. The molecule has 1 amide bonds. The van der Waals surface area contributed by atoms with Crippen LogP contribution < -0.4 is 9.64 Å². The van der Waals surface area contributed by atoms with Crippen LogP contribution in [-0.2, 0) is 19.4 Å². The molecule has 0 unspecified atom stereocenters. The molecule has 2 fully saturated rings. The molecule has 0 N–H and O–H groups in total. The van der Waals surface area contributed by atoms with Gasteiger partial charge in [-0.05, 0) is 18.6 Å². The van der Waals surface area contributed by atoms with E-state index in [4.69, 9.17) is 9.47 Å². The lowest BCUT2D eigenvalue weighted by molar-refractivity contribution is -0.121. The Bertz CT molecular complexity index is 825. The lowest BCUT2D eigenvalue weighted by atomic mass is 10.2. The highest BCUT2D eigenvalue weighted by Crippen LogP contribution is 2.41. The number of hydrogen-bond acceptors (Lipinski definition) is 6. The molecule has 27 heavy (non-hydrogen) atoms. The molecule has 0 aliphatic carbocycles. The van der Waals surface area contributed by atoms with E-state index in [2.05, 4.69) is 11.9 Å². The van der Waals surface area contributed by atoms with E-state index in [1.807, 2.05) is 29.2 Å². The first-order chi connectivity index (χ1) is 12.9. The van der Waals surface area contributed by atoms with Crippen molar-refractivity contribution < 1.29 is 22.7 Å². The fraction of sp³-hybridized carbons (Fsp3) is 0.556. The Morgan fingerprint density at radius 3 is 2.93 bits per heavy atom. The lowest BCUT2D eigenvalue weighted by Crippen LogP contribution is -2.37. The smallest absolute Gasteiger partial charge is 0.274 e. The molecule has 7 nitrogen and oxygen atoms in total. The topological polar surface area (TPSA) is 85.3 Å². The van der Waals surface area contributed by atoms with Gasteiger partial charge in [-0.15, -0.1) is 0 Å². The highest BCUT2D eigenvalue weighted by molar-refractivity contribution is 8.16. The van der Waals surface area contributed by atoms with Crippen LogP contribution in [0.25, 0.3) is 0 Å². The minimum atomic E-state index is -3.09. The Morgan fingerprint density at radius 2 is 2.19 bits per heavy atom. The number of sulfone groups is 1. The fourth-order valence-electron chi connectivity index (χ4n) is 3.19. The third-order valence-electron chi connectivity index (χ3n) is 4.42. The van der Waals surface area contributed by atoms with Crippen molar-refractivity contribution in [2.24, 2.45) is 4.99 Å². The van der Waals surface area contributed by atoms with Crippen molar-refractivity contribution in [1.29, 1.82) is 0 Å². The summed E-state index contributed by atoms with van der Waals surface area (Å²) in [5.74, 6) is 0.493. The molecule has 0 bridgehead atoms. The molecule has 0 spiro atoms. The molecule has 2 heterocycles. The summed E-state index contributed by atoms with van der Waals surface area (Å²) in [4.78, 5) is 18.0. The van der Waals surface area contributed by atoms with Crippen molar-refractivity contribution >= 4 is 38.4 Å². The summed E-state index contributed by atoms with van der Waals surface area (Å²) < 4.78 is 34.8. The molecular weight excluding hydrogens is 388 g/mol. The summed E-state index contributed by atoms with van der Waals surface area (Å²) >= 11 is 1.35. The quantitative estimate of drug-likeness (QED) is 0.634. The Hall–Kier alpha value is -1.58. The first-order valence-corrected chi connectivity index (χ1v) is 11.6. The van der Waals surface area contributed by atoms with Gasteiger partial charge in [-0.3, -0.25) is 4.79 Å². The van der Waals surface area contributed by atoms with Crippen molar-refractivity contribution in [3.05, 3.63) is 24.3 Å². The second-order valence-electron chi connectivity index (χ2n) is 6.59. The van der Waals surface area contributed by atoms with Crippen LogP contribution in [0, 0.1) is 0 Å². The van der Waals surface area contributed by atoms with E-state index in [9.17, 15) is 13.2 Å². The van der Waals surface area contributed by atoms with Crippen molar-refractivity contribution in [3.8, 4) is 5.75 Å². The van der Waals surface area contributed by atoms with Crippen molar-refractivity contribution in [2.45, 2.75) is 31.1 Å². The van der Waals surface area contributed by atoms with Crippen molar-refractivity contribution in [3.63, 3.8) is 0 Å². The number of thioether (sulfide) groups is 1. The molecule has 2 aliphatic rings. The van der Waals surface area contributed by atoms with E-state index in [-0.39, 0.29) is 35.3 Å². The normalized spacial score (nSPS) is 25.0. The van der Waals surface area contributed by atoms with E-state index in [0.717, 1.165) is 24.3 Å². The predicted octanol–water partition coefficient (Wildman–Crippen LogP) is 2.11. The monoisotopic (exact) mass is 412 g/mol. The number of ether oxygens (including phenoxy) is 2. The number of amides is 1. The Kier molecular flexibility index (Phi) is 6.44. The highest BCUT2D eigenvalue weighted by Gasteiger charge is 2.49. The van der Waals surface area contributed by atoms with Crippen LogP contribution in [0.2, 0.25) is 0 Å². The molecule has 148 valence electrons. The van der Waals surface area contributed by atoms with Crippen LogP contribution in [0.3, 0.4) is 0 Å². The van der Waals surface area contributed by atoms with Gasteiger partial charge in [0.2, 0.25) is 0 Å². The zero-order valence-electron chi connectivity index (χ0n) is 15.5. The van der Waals surface area contributed by atoms with Gasteiger partial charge >= 0.3 is 0 Å². The molecule has 9 heteroatoms. The second-order valence-corrected chi connectivity index (χ2v) is 9.95. The molecule has 1 aromatic rings. The zero-order chi connectivity index (χ0) is 19.4. The van der Waals surface area contributed by atoms with Crippen LogP contribution in [0.5, 0.6) is 5.75 Å². The Morgan fingerprint density at radius 1 is 1.37 bits per heavy atom. The number of amidine groups is 1. The summed E-state index contributed by atoms with van der Waals surface area (Å²) in [6.45, 7) is 2.62. The number of fused-ring (bicyclic) bond motifs is 1. The van der Waals surface area contributed by atoms with E-state index >= 15 is 0 Å². The maximum atomic E-state index is 12.1. The molecule has 0 saturated carbocycles. The van der Waals surface area contributed by atoms with Gasteiger partial charge in [0, 0.05) is 24.1 Å². The second kappa shape index (κ2) is 8.62. The number of unbranched alkanes of at least 4 members (excludes halogenated alkanes) is 1. The zero-order valence-corrected chi connectivity index (χ0v) is 17.1. The van der Waals surface area contributed by atoms with Gasteiger partial charge in [0.15, 0.2) is 15.0 Å². The van der Waals surface area contributed by atoms with Crippen LogP contribution in [0.15, 0.2) is 29.3 Å². The summed E-state index contributed by atoms with van der Waals surface area (Å²) in [6, 6.07) is 7.27. The van der Waals surface area contributed by atoms with Gasteiger partial charge < -0.3 is 14.4 Å². The van der Waals surface area contributed by atoms with Gasteiger partial charge in [-0.2, -0.15) is 4.99 Å². The molecule has 2 atom stereocenters. The average Bonchev–Trinajstić information content (AvgIpc) is 3.06. The molecule has 0 aromatic heterocycles. The van der Waals surface area contributed by atoms with Gasteiger partial charge in [-0.25, -0.2) is 8.42 Å². The standard InChI is InChI=1S/C18H24N2O5S2/c1-3-4-8-25-14-7-5-6-13(9-14)20-15-11-27(22,23)12-16(15)26-18(20)19-17(21)10-24-2/h5-7,9,15-16H,3-4,8,10-12H2,1-2H3/t15-,16+/m0/s1. The van der Waals surface area contributed by atoms with Gasteiger partial charge in [0.1, 0.15) is 12.4 Å². The van der Waals surface area contributed by atoms with Crippen molar-refractivity contribution in [2.75, 3.05) is 36.7 Å². The summed E-state index contributed by atoms with van der Waals surface area (Å²) in [5.41, 5.74) is 0.782. The number of carbonyl (C=O) groups is 1. The molecule has 3 rings (SSSR count). The van der Waals surface area contributed by atoms with Crippen molar-refractivity contribution in [1.82, 2.24) is 0 Å². The summed E-state index contributed by atoms with van der Waals surface area (Å²) in [5, 5.41) is 0.390. The first kappa shape index (κ1) is 20.2. The fourth-order valence-corrected chi connectivity index (χ4v) is 7.12. The third kappa shape index (κ3) is 4.83. The Balaban J connectivity index is 1.90. The van der Waals surface area contributed by atoms with E-state index in [1.54, 1.807) is 0 Å². The van der Waals surface area contributed by atoms with Gasteiger partial charge in [0.25, 0.3) is 5.91 Å². The summed E-state index contributed by atoms with van der Waals surface area (Å²) in [6.07, 6.45) is 2.01.